The summed E-state index contributed by atoms with van der Waals surface area (Å²) in [6, 6.07) is 0. The van der Waals surface area contributed by atoms with Crippen molar-refractivity contribution in [2.75, 3.05) is 0 Å². The Morgan fingerprint density at radius 1 is 1.30 bits per heavy atom. The van der Waals surface area contributed by atoms with Crippen molar-refractivity contribution >= 4 is 9.24 Å². The predicted octanol–water partition coefficient (Wildman–Crippen LogP) is 3.47. The molecule has 0 aromatic rings. The van der Waals surface area contributed by atoms with Gasteiger partial charge in [-0.05, 0) is 23.9 Å². The maximum Gasteiger partial charge on any atom is -0.0215 e. The molecule has 0 aromatic carbocycles. The van der Waals surface area contributed by atoms with Gasteiger partial charge in [0.15, 0.2) is 0 Å². The second-order valence-corrected chi connectivity index (χ2v) is 4.56. The maximum atomic E-state index is 2.95. The highest BCUT2D eigenvalue weighted by atomic mass is 31.0. The largest absolute Gasteiger partial charge is 0.134 e. The molecule has 62 valence electrons. The van der Waals surface area contributed by atoms with Gasteiger partial charge in [0, 0.05) is 0 Å². The fourth-order valence-electron chi connectivity index (χ4n) is 1.38. The summed E-state index contributed by atoms with van der Waals surface area (Å²) in [6.45, 7) is 9.24. The topological polar surface area (TPSA) is 0 Å². The monoisotopic (exact) mass is 160 g/mol. The van der Waals surface area contributed by atoms with E-state index < -0.39 is 0 Å². The smallest absolute Gasteiger partial charge is 0.0215 e. The molecular weight excluding hydrogens is 139 g/mol. The van der Waals surface area contributed by atoms with Crippen molar-refractivity contribution in [2.45, 2.75) is 52.6 Å². The van der Waals surface area contributed by atoms with Crippen molar-refractivity contribution in [3.05, 3.63) is 0 Å². The lowest BCUT2D eigenvalue weighted by Gasteiger charge is -2.30. The van der Waals surface area contributed by atoms with E-state index in [1.54, 1.807) is 0 Å². The normalized spacial score (nSPS) is 15.3. The molecule has 0 N–H and O–H groups in total. The second kappa shape index (κ2) is 4.34. The van der Waals surface area contributed by atoms with Gasteiger partial charge in [0.25, 0.3) is 0 Å². The first-order valence-corrected chi connectivity index (χ1v) is 4.96. The summed E-state index contributed by atoms with van der Waals surface area (Å²) in [6.07, 6.45) is 3.92. The van der Waals surface area contributed by atoms with E-state index in [-0.39, 0.29) is 0 Å². The Hall–Kier alpha value is 0.430. The summed E-state index contributed by atoms with van der Waals surface area (Å²) >= 11 is 0. The zero-order valence-corrected chi connectivity index (χ0v) is 8.93. The number of hydrogen-bond acceptors (Lipinski definition) is 0. The van der Waals surface area contributed by atoms with E-state index in [1.165, 1.54) is 19.3 Å². The van der Waals surface area contributed by atoms with Crippen LogP contribution in [0.5, 0.6) is 0 Å². The van der Waals surface area contributed by atoms with Gasteiger partial charge >= 0.3 is 0 Å². The van der Waals surface area contributed by atoms with Gasteiger partial charge in [-0.3, -0.25) is 0 Å². The van der Waals surface area contributed by atoms with Crippen molar-refractivity contribution in [1.82, 2.24) is 0 Å². The average Bonchev–Trinajstić information content (AvgIpc) is 1.86. The van der Waals surface area contributed by atoms with Crippen molar-refractivity contribution in [3.63, 3.8) is 0 Å². The minimum atomic E-state index is 0.522. The van der Waals surface area contributed by atoms with Crippen LogP contribution in [0.15, 0.2) is 0 Å². The molecule has 0 fully saturated rings. The molecule has 0 amide bonds. The predicted molar refractivity (Wildman–Crippen MR) is 52.5 cm³/mol. The SMILES string of the molecule is CCCC(C)(C)C(P)CC. The molecule has 0 spiro atoms. The molecule has 2 unspecified atom stereocenters. The molecule has 2 atom stereocenters. The van der Waals surface area contributed by atoms with Crippen LogP contribution in [0.2, 0.25) is 0 Å². The van der Waals surface area contributed by atoms with Crippen LogP contribution in [0.3, 0.4) is 0 Å². The summed E-state index contributed by atoms with van der Waals surface area (Å²) in [5.74, 6) is 0. The molecule has 0 radical (unpaired) electrons. The first kappa shape index (κ1) is 10.4. The average molecular weight is 160 g/mol. The van der Waals surface area contributed by atoms with Gasteiger partial charge in [-0.1, -0.05) is 34.1 Å². The van der Waals surface area contributed by atoms with Crippen molar-refractivity contribution in [3.8, 4) is 0 Å². The zero-order valence-electron chi connectivity index (χ0n) is 7.78. The lowest BCUT2D eigenvalue weighted by atomic mass is 9.83. The Labute approximate surface area is 68.0 Å². The molecule has 1 heteroatoms. The molecule has 0 rings (SSSR count). The van der Waals surface area contributed by atoms with Crippen LogP contribution in [-0.2, 0) is 0 Å². The van der Waals surface area contributed by atoms with Crippen molar-refractivity contribution < 1.29 is 0 Å². The summed E-state index contributed by atoms with van der Waals surface area (Å²) < 4.78 is 0. The van der Waals surface area contributed by atoms with E-state index >= 15 is 0 Å². The van der Waals surface area contributed by atoms with E-state index in [2.05, 4.69) is 36.9 Å². The van der Waals surface area contributed by atoms with Gasteiger partial charge in [0.2, 0.25) is 0 Å². The molecule has 0 aliphatic rings. The van der Waals surface area contributed by atoms with Crippen molar-refractivity contribution in [1.29, 1.82) is 0 Å². The van der Waals surface area contributed by atoms with Crippen LogP contribution in [0.25, 0.3) is 0 Å². The molecular formula is C9H21P. The van der Waals surface area contributed by atoms with E-state index in [9.17, 15) is 0 Å². The Kier molecular flexibility index (Phi) is 4.52. The summed E-state index contributed by atoms with van der Waals surface area (Å²) in [5.41, 5.74) is 1.31. The Balaban J connectivity index is 3.82. The second-order valence-electron chi connectivity index (χ2n) is 3.75. The third-order valence-corrected chi connectivity index (χ3v) is 3.71. The minimum Gasteiger partial charge on any atom is -0.134 e. The minimum absolute atomic E-state index is 0.522. The van der Waals surface area contributed by atoms with Gasteiger partial charge in [-0.2, -0.15) is 0 Å². The molecule has 0 nitrogen and oxygen atoms in total. The maximum absolute atomic E-state index is 2.95. The Bertz CT molecular complexity index is 86.7. The van der Waals surface area contributed by atoms with Crippen LogP contribution >= 0.6 is 9.24 Å². The first-order chi connectivity index (χ1) is 4.54. The van der Waals surface area contributed by atoms with Crippen LogP contribution in [0.1, 0.15) is 47.0 Å². The first-order valence-electron chi connectivity index (χ1n) is 4.30. The Morgan fingerprint density at radius 3 is 2.10 bits per heavy atom. The molecule has 0 heterocycles. The van der Waals surface area contributed by atoms with E-state index in [0.717, 1.165) is 5.66 Å². The molecule has 0 saturated carbocycles. The number of rotatable bonds is 4. The lowest BCUT2D eigenvalue weighted by Crippen LogP contribution is -2.23. The summed E-state index contributed by atoms with van der Waals surface area (Å²) in [7, 11) is 2.95. The van der Waals surface area contributed by atoms with Crippen LogP contribution in [0, 0.1) is 5.41 Å². The van der Waals surface area contributed by atoms with E-state index in [1.807, 2.05) is 0 Å². The van der Waals surface area contributed by atoms with Crippen LogP contribution in [-0.4, -0.2) is 5.66 Å². The van der Waals surface area contributed by atoms with Gasteiger partial charge in [0.1, 0.15) is 0 Å². The highest BCUT2D eigenvalue weighted by Crippen LogP contribution is 2.33. The highest BCUT2D eigenvalue weighted by Gasteiger charge is 2.22. The summed E-state index contributed by atoms with van der Waals surface area (Å²) in [4.78, 5) is 0. The Morgan fingerprint density at radius 2 is 1.80 bits per heavy atom. The zero-order chi connectivity index (χ0) is 8.20. The van der Waals surface area contributed by atoms with E-state index in [4.69, 9.17) is 0 Å². The van der Waals surface area contributed by atoms with Crippen LogP contribution < -0.4 is 0 Å². The lowest BCUT2D eigenvalue weighted by molar-refractivity contribution is 0.312. The third-order valence-electron chi connectivity index (χ3n) is 2.34. The standard InChI is InChI=1S/C9H21P/c1-5-7-9(3,4)8(10)6-2/h8H,5-7,10H2,1-4H3. The van der Waals surface area contributed by atoms with Gasteiger partial charge in [-0.15, -0.1) is 9.24 Å². The van der Waals surface area contributed by atoms with Crippen LogP contribution in [0.4, 0.5) is 0 Å². The van der Waals surface area contributed by atoms with E-state index in [0.29, 0.717) is 5.41 Å². The molecule has 0 aliphatic heterocycles. The van der Waals surface area contributed by atoms with Crippen molar-refractivity contribution in [2.24, 2.45) is 5.41 Å². The quantitative estimate of drug-likeness (QED) is 0.552. The van der Waals surface area contributed by atoms with Gasteiger partial charge in [0.05, 0.1) is 0 Å². The third kappa shape index (κ3) is 3.01. The molecule has 0 bridgehead atoms. The van der Waals surface area contributed by atoms with Gasteiger partial charge in [-0.25, -0.2) is 0 Å². The molecule has 0 aliphatic carbocycles. The van der Waals surface area contributed by atoms with Gasteiger partial charge < -0.3 is 0 Å². The molecule has 0 saturated heterocycles. The number of hydrogen-bond donors (Lipinski definition) is 0. The summed E-state index contributed by atoms with van der Waals surface area (Å²) in [5, 5.41) is 0. The fraction of sp³-hybridized carbons (Fsp3) is 1.00. The fourth-order valence-corrected chi connectivity index (χ4v) is 1.55. The highest BCUT2D eigenvalue weighted by molar-refractivity contribution is 7.17. The molecule has 10 heavy (non-hydrogen) atoms. The molecule has 0 aromatic heterocycles.